The van der Waals surface area contributed by atoms with Gasteiger partial charge in [-0.15, -0.1) is 25.6 Å². The van der Waals surface area contributed by atoms with Gasteiger partial charge >= 0.3 is 6.36 Å². The molecule has 1 N–H and O–H groups in total. The molecule has 110 valence electrons. The van der Waals surface area contributed by atoms with Gasteiger partial charge < -0.3 is 9.72 Å². The number of imidazole rings is 1. The predicted molar refractivity (Wildman–Crippen MR) is 71.1 cm³/mol. The van der Waals surface area contributed by atoms with Crippen LogP contribution in [0.5, 0.6) is 5.75 Å². The Bertz CT molecular complexity index is 759. The van der Waals surface area contributed by atoms with Gasteiger partial charge in [0.1, 0.15) is 11.3 Å². The Morgan fingerprint density at radius 3 is 2.62 bits per heavy atom. The topological polar surface area (TPSA) is 63.7 Å². The van der Waals surface area contributed by atoms with Crippen LogP contribution in [0, 0.1) is 0 Å². The molecule has 0 unspecified atom stereocenters. The molecule has 0 radical (unpaired) electrons. The zero-order valence-corrected chi connectivity index (χ0v) is 11.1. The number of nitrogens with one attached hydrogen (secondary N) is 1. The molecule has 0 atom stereocenters. The molecule has 3 aromatic rings. The lowest BCUT2D eigenvalue weighted by atomic mass is 10.2. The summed E-state index contributed by atoms with van der Waals surface area (Å²) in [5.74, 6) is -0.237. The van der Waals surface area contributed by atoms with Crippen LogP contribution in [-0.4, -0.2) is 26.3 Å². The van der Waals surface area contributed by atoms with Gasteiger partial charge in [-0.1, -0.05) is 12.1 Å². The van der Waals surface area contributed by atoms with E-state index in [0.29, 0.717) is 11.2 Å². The largest absolute Gasteiger partial charge is 0.573 e. The van der Waals surface area contributed by atoms with Crippen molar-refractivity contribution in [3.05, 3.63) is 36.8 Å². The number of hydrogen-bond donors (Lipinski definition) is 1. The third kappa shape index (κ3) is 3.22. The van der Waals surface area contributed by atoms with Crippen LogP contribution in [-0.2, 0) is 0 Å². The van der Waals surface area contributed by atoms with Crippen LogP contribution in [0.15, 0.2) is 36.8 Å². The van der Waals surface area contributed by atoms with Crippen molar-refractivity contribution in [1.29, 1.82) is 0 Å². The molecule has 0 saturated heterocycles. The molecule has 0 fully saturated rings. The van der Waals surface area contributed by atoms with Crippen molar-refractivity contribution in [3.8, 4) is 17.1 Å². The van der Waals surface area contributed by atoms with Crippen LogP contribution in [0.4, 0.5) is 13.2 Å². The summed E-state index contributed by atoms with van der Waals surface area (Å²) in [5.41, 5.74) is 1.12. The number of para-hydroxylation sites is 1. The number of nitrogens with zero attached hydrogens (tertiary/aromatic N) is 3. The molecule has 0 saturated carbocycles. The zero-order chi connectivity index (χ0) is 14.2. The lowest BCUT2D eigenvalue weighted by molar-refractivity contribution is -0.274. The first-order valence-corrected chi connectivity index (χ1v) is 5.54. The SMILES string of the molecule is Cl.FC(F)(F)Oc1ccccc1-c1ncc2[nH]cnc2n1. The van der Waals surface area contributed by atoms with E-state index in [-0.39, 0.29) is 29.5 Å². The van der Waals surface area contributed by atoms with E-state index in [1.165, 1.54) is 30.7 Å². The van der Waals surface area contributed by atoms with Crippen molar-refractivity contribution in [3.63, 3.8) is 0 Å². The lowest BCUT2D eigenvalue weighted by Crippen LogP contribution is -2.17. The fourth-order valence-corrected chi connectivity index (χ4v) is 1.73. The Labute approximate surface area is 122 Å². The summed E-state index contributed by atoms with van der Waals surface area (Å²) in [6.07, 6.45) is -1.89. The van der Waals surface area contributed by atoms with E-state index in [1.807, 2.05) is 0 Å². The van der Waals surface area contributed by atoms with Crippen molar-refractivity contribution in [1.82, 2.24) is 19.9 Å². The first kappa shape index (κ1) is 15.0. The van der Waals surface area contributed by atoms with Gasteiger partial charge in [0, 0.05) is 0 Å². The fourth-order valence-electron chi connectivity index (χ4n) is 1.73. The molecule has 0 aliphatic carbocycles. The molecule has 0 bridgehead atoms. The van der Waals surface area contributed by atoms with Crippen LogP contribution in [0.3, 0.4) is 0 Å². The Hall–Kier alpha value is -2.35. The molecule has 2 heterocycles. The molecule has 0 spiro atoms. The number of aromatic amines is 1. The maximum Gasteiger partial charge on any atom is 0.573 e. The summed E-state index contributed by atoms with van der Waals surface area (Å²) in [7, 11) is 0. The second kappa shape index (κ2) is 5.57. The summed E-state index contributed by atoms with van der Waals surface area (Å²) in [4.78, 5) is 14.8. The number of rotatable bonds is 2. The maximum absolute atomic E-state index is 12.4. The minimum Gasteiger partial charge on any atom is -0.405 e. The Morgan fingerprint density at radius 2 is 1.86 bits per heavy atom. The number of hydrogen-bond acceptors (Lipinski definition) is 4. The molecule has 2 aromatic heterocycles. The van der Waals surface area contributed by atoms with E-state index in [9.17, 15) is 13.2 Å². The normalized spacial score (nSPS) is 11.2. The molecule has 0 amide bonds. The Balaban J connectivity index is 0.00000161. The van der Waals surface area contributed by atoms with Gasteiger partial charge in [-0.05, 0) is 12.1 Å². The Kier molecular flexibility index (Phi) is 3.99. The molecular weight excluding hydrogens is 309 g/mol. The highest BCUT2D eigenvalue weighted by molar-refractivity contribution is 5.85. The highest BCUT2D eigenvalue weighted by Crippen LogP contribution is 2.31. The van der Waals surface area contributed by atoms with Gasteiger partial charge in [0.15, 0.2) is 11.5 Å². The second-order valence-corrected chi connectivity index (χ2v) is 3.88. The molecule has 21 heavy (non-hydrogen) atoms. The van der Waals surface area contributed by atoms with E-state index in [0.717, 1.165) is 0 Å². The number of alkyl halides is 3. The fraction of sp³-hybridized carbons (Fsp3) is 0.0833. The highest BCUT2D eigenvalue weighted by Gasteiger charge is 2.32. The van der Waals surface area contributed by atoms with Crippen molar-refractivity contribution in [2.45, 2.75) is 6.36 Å². The summed E-state index contributed by atoms with van der Waals surface area (Å²) < 4.78 is 41.1. The quantitative estimate of drug-likeness (QED) is 0.787. The molecule has 5 nitrogen and oxygen atoms in total. The molecular formula is C12H8ClF3N4O. The van der Waals surface area contributed by atoms with E-state index in [1.54, 1.807) is 6.07 Å². The first-order valence-electron chi connectivity index (χ1n) is 5.54. The molecule has 9 heteroatoms. The summed E-state index contributed by atoms with van der Waals surface area (Å²) in [6.45, 7) is 0. The van der Waals surface area contributed by atoms with E-state index >= 15 is 0 Å². The number of benzene rings is 1. The van der Waals surface area contributed by atoms with Gasteiger partial charge in [-0.25, -0.2) is 15.0 Å². The number of H-pyrrole nitrogens is 1. The standard InChI is InChI=1S/C12H7F3N4O.ClH/c13-12(14,15)20-9-4-2-1-3-7(9)10-16-5-8-11(19-10)18-6-17-8;/h1-6H,(H,16,17,18,19);1H. The van der Waals surface area contributed by atoms with Gasteiger partial charge in [-0.2, -0.15) is 0 Å². The molecule has 3 rings (SSSR count). The smallest absolute Gasteiger partial charge is 0.405 e. The van der Waals surface area contributed by atoms with E-state index in [2.05, 4.69) is 24.7 Å². The number of ether oxygens (including phenoxy) is 1. The number of halogens is 4. The van der Waals surface area contributed by atoms with Crippen LogP contribution in [0.1, 0.15) is 0 Å². The van der Waals surface area contributed by atoms with E-state index in [4.69, 9.17) is 0 Å². The van der Waals surface area contributed by atoms with Crippen LogP contribution >= 0.6 is 12.4 Å². The maximum atomic E-state index is 12.4. The minimum atomic E-state index is -4.77. The van der Waals surface area contributed by atoms with Gasteiger partial charge in [-0.3, -0.25) is 0 Å². The first-order chi connectivity index (χ1) is 9.53. The van der Waals surface area contributed by atoms with E-state index < -0.39 is 6.36 Å². The second-order valence-electron chi connectivity index (χ2n) is 3.88. The van der Waals surface area contributed by atoms with Crippen molar-refractivity contribution < 1.29 is 17.9 Å². The molecule has 1 aromatic carbocycles. The number of aromatic nitrogens is 4. The van der Waals surface area contributed by atoms with Crippen molar-refractivity contribution in [2.24, 2.45) is 0 Å². The zero-order valence-electron chi connectivity index (χ0n) is 10.3. The summed E-state index contributed by atoms with van der Waals surface area (Å²) in [6, 6.07) is 5.68. The van der Waals surface area contributed by atoms with Crippen LogP contribution in [0.25, 0.3) is 22.6 Å². The summed E-state index contributed by atoms with van der Waals surface area (Å²) >= 11 is 0. The van der Waals surface area contributed by atoms with Crippen LogP contribution < -0.4 is 4.74 Å². The number of fused-ring (bicyclic) bond motifs is 1. The molecule has 0 aliphatic heterocycles. The Morgan fingerprint density at radius 1 is 1.10 bits per heavy atom. The summed E-state index contributed by atoms with van der Waals surface area (Å²) in [5, 5.41) is 0. The minimum absolute atomic E-state index is 0. The van der Waals surface area contributed by atoms with Gasteiger partial charge in [0.25, 0.3) is 0 Å². The monoisotopic (exact) mass is 316 g/mol. The molecule has 0 aliphatic rings. The van der Waals surface area contributed by atoms with Crippen molar-refractivity contribution >= 4 is 23.6 Å². The lowest BCUT2D eigenvalue weighted by Gasteiger charge is -2.12. The average molecular weight is 317 g/mol. The van der Waals surface area contributed by atoms with Gasteiger partial charge in [0.05, 0.1) is 18.1 Å². The van der Waals surface area contributed by atoms with Gasteiger partial charge in [0.2, 0.25) is 0 Å². The average Bonchev–Trinajstić information content (AvgIpc) is 2.84. The third-order valence-corrected chi connectivity index (χ3v) is 2.53. The highest BCUT2D eigenvalue weighted by atomic mass is 35.5. The predicted octanol–water partition coefficient (Wildman–Crippen LogP) is 3.34. The van der Waals surface area contributed by atoms with Crippen molar-refractivity contribution in [2.75, 3.05) is 0 Å². The van der Waals surface area contributed by atoms with Crippen LogP contribution in [0.2, 0.25) is 0 Å². The third-order valence-electron chi connectivity index (χ3n) is 2.53.